The van der Waals surface area contributed by atoms with E-state index in [1.165, 1.54) is 5.56 Å². The van der Waals surface area contributed by atoms with Crippen LogP contribution in [0.1, 0.15) is 28.4 Å². The lowest BCUT2D eigenvalue weighted by molar-refractivity contribution is 0.103. The molecule has 0 atom stereocenters. The third-order valence-electron chi connectivity index (χ3n) is 2.43. The standard InChI is InChI=1S/C13H11IOS/c1-2-9-4-3-5-10(6-9)13(15)11-7-12(14)16-8-11/h3-8H,2H2,1H3. The van der Waals surface area contributed by atoms with Gasteiger partial charge in [0.05, 0.1) is 2.88 Å². The Morgan fingerprint density at radius 3 is 2.75 bits per heavy atom. The topological polar surface area (TPSA) is 17.1 Å². The van der Waals surface area contributed by atoms with Gasteiger partial charge in [-0.15, -0.1) is 11.3 Å². The van der Waals surface area contributed by atoms with Crippen LogP contribution in [-0.4, -0.2) is 5.78 Å². The molecule has 0 aliphatic rings. The van der Waals surface area contributed by atoms with Crippen molar-refractivity contribution in [3.05, 3.63) is 55.3 Å². The molecule has 0 bridgehead atoms. The van der Waals surface area contributed by atoms with Crippen LogP contribution in [0.25, 0.3) is 0 Å². The minimum absolute atomic E-state index is 0.120. The van der Waals surface area contributed by atoms with Gasteiger partial charge >= 0.3 is 0 Å². The van der Waals surface area contributed by atoms with Crippen molar-refractivity contribution < 1.29 is 4.79 Å². The van der Waals surface area contributed by atoms with Crippen LogP contribution in [0.15, 0.2) is 35.7 Å². The summed E-state index contributed by atoms with van der Waals surface area (Å²) < 4.78 is 1.15. The van der Waals surface area contributed by atoms with Gasteiger partial charge in [-0.25, -0.2) is 0 Å². The number of hydrogen-bond donors (Lipinski definition) is 0. The van der Waals surface area contributed by atoms with Gasteiger partial charge in [0.2, 0.25) is 0 Å². The molecule has 82 valence electrons. The highest BCUT2D eigenvalue weighted by Gasteiger charge is 2.10. The summed E-state index contributed by atoms with van der Waals surface area (Å²) in [4.78, 5) is 12.1. The summed E-state index contributed by atoms with van der Waals surface area (Å²) in [5.41, 5.74) is 2.78. The van der Waals surface area contributed by atoms with Gasteiger partial charge in [-0.05, 0) is 46.7 Å². The van der Waals surface area contributed by atoms with Crippen LogP contribution in [0.2, 0.25) is 0 Å². The quantitative estimate of drug-likeness (QED) is 0.605. The Hall–Kier alpha value is -0.680. The Morgan fingerprint density at radius 1 is 1.31 bits per heavy atom. The molecule has 0 fully saturated rings. The third kappa shape index (κ3) is 2.52. The zero-order chi connectivity index (χ0) is 11.5. The molecule has 0 saturated carbocycles. The van der Waals surface area contributed by atoms with E-state index in [1.807, 2.05) is 35.7 Å². The van der Waals surface area contributed by atoms with Crippen LogP contribution in [0, 0.1) is 2.88 Å². The van der Waals surface area contributed by atoms with Gasteiger partial charge < -0.3 is 0 Å². The summed E-state index contributed by atoms with van der Waals surface area (Å²) >= 11 is 3.84. The Labute approximate surface area is 113 Å². The molecule has 0 amide bonds. The average Bonchev–Trinajstić information content (AvgIpc) is 2.75. The van der Waals surface area contributed by atoms with Crippen LogP contribution in [0.3, 0.4) is 0 Å². The zero-order valence-corrected chi connectivity index (χ0v) is 11.8. The monoisotopic (exact) mass is 342 g/mol. The van der Waals surface area contributed by atoms with Crippen LogP contribution in [-0.2, 0) is 6.42 Å². The van der Waals surface area contributed by atoms with Crippen LogP contribution in [0.4, 0.5) is 0 Å². The maximum absolute atomic E-state index is 12.1. The molecule has 0 unspecified atom stereocenters. The second-order valence-electron chi connectivity index (χ2n) is 3.52. The van der Waals surface area contributed by atoms with Crippen molar-refractivity contribution in [2.75, 3.05) is 0 Å². The molecular weight excluding hydrogens is 331 g/mol. The predicted octanol–water partition coefficient (Wildman–Crippen LogP) is 4.15. The molecule has 2 aromatic rings. The molecule has 0 aliphatic carbocycles. The van der Waals surface area contributed by atoms with Gasteiger partial charge in [-0.1, -0.05) is 25.1 Å². The molecule has 1 aromatic heterocycles. The molecule has 0 saturated heterocycles. The van der Waals surface area contributed by atoms with E-state index in [9.17, 15) is 4.79 Å². The minimum Gasteiger partial charge on any atom is -0.289 e. The summed E-state index contributed by atoms with van der Waals surface area (Å²) in [6.07, 6.45) is 0.961. The normalized spacial score (nSPS) is 10.4. The molecule has 1 heterocycles. The van der Waals surface area contributed by atoms with E-state index in [4.69, 9.17) is 0 Å². The lowest BCUT2D eigenvalue weighted by Gasteiger charge is -2.01. The summed E-state index contributed by atoms with van der Waals surface area (Å²) in [5, 5.41) is 1.92. The second kappa shape index (κ2) is 5.10. The zero-order valence-electron chi connectivity index (χ0n) is 8.87. The number of halogens is 1. The first kappa shape index (κ1) is 11.8. The first-order valence-corrected chi connectivity index (χ1v) is 7.04. The highest BCUT2D eigenvalue weighted by molar-refractivity contribution is 14.1. The molecule has 0 spiro atoms. The average molecular weight is 342 g/mol. The lowest BCUT2D eigenvalue weighted by atomic mass is 10.0. The van der Waals surface area contributed by atoms with Gasteiger partial charge in [0.1, 0.15) is 0 Å². The van der Waals surface area contributed by atoms with E-state index in [0.717, 1.165) is 20.4 Å². The summed E-state index contributed by atoms with van der Waals surface area (Å²) in [6.45, 7) is 2.09. The van der Waals surface area contributed by atoms with Gasteiger partial charge in [0, 0.05) is 16.5 Å². The Kier molecular flexibility index (Phi) is 3.76. The summed E-state index contributed by atoms with van der Waals surface area (Å²) in [5.74, 6) is 0.120. The maximum atomic E-state index is 12.1. The van der Waals surface area contributed by atoms with Crippen molar-refractivity contribution in [1.29, 1.82) is 0 Å². The Morgan fingerprint density at radius 2 is 2.12 bits per heavy atom. The van der Waals surface area contributed by atoms with Gasteiger partial charge in [-0.2, -0.15) is 0 Å². The van der Waals surface area contributed by atoms with E-state index in [1.54, 1.807) is 11.3 Å². The molecule has 16 heavy (non-hydrogen) atoms. The fourth-order valence-corrected chi connectivity index (χ4v) is 2.85. The van der Waals surface area contributed by atoms with Gasteiger partial charge in [0.25, 0.3) is 0 Å². The van der Waals surface area contributed by atoms with Crippen LogP contribution >= 0.6 is 33.9 Å². The summed E-state index contributed by atoms with van der Waals surface area (Å²) in [7, 11) is 0. The van der Waals surface area contributed by atoms with Gasteiger partial charge in [0.15, 0.2) is 5.78 Å². The number of carbonyl (C=O) groups is 1. The van der Waals surface area contributed by atoms with Crippen molar-refractivity contribution in [3.8, 4) is 0 Å². The SMILES string of the molecule is CCc1cccc(C(=O)c2csc(I)c2)c1. The van der Waals surface area contributed by atoms with Crippen molar-refractivity contribution in [2.45, 2.75) is 13.3 Å². The number of benzene rings is 1. The maximum Gasteiger partial charge on any atom is 0.193 e. The number of hydrogen-bond acceptors (Lipinski definition) is 2. The number of ketones is 1. The summed E-state index contributed by atoms with van der Waals surface area (Å²) in [6, 6.07) is 9.79. The first-order chi connectivity index (χ1) is 7.70. The second-order valence-corrected chi connectivity index (χ2v) is 6.33. The van der Waals surface area contributed by atoms with E-state index < -0.39 is 0 Å². The third-order valence-corrected chi connectivity index (χ3v) is 4.22. The number of rotatable bonds is 3. The Bertz CT molecular complexity index is 516. The highest BCUT2D eigenvalue weighted by Crippen LogP contribution is 2.20. The van der Waals surface area contributed by atoms with Gasteiger partial charge in [-0.3, -0.25) is 4.79 Å². The fourth-order valence-electron chi connectivity index (χ4n) is 1.53. The number of carbonyl (C=O) groups excluding carboxylic acids is 1. The van der Waals surface area contributed by atoms with Crippen LogP contribution in [0.5, 0.6) is 0 Å². The molecule has 0 radical (unpaired) electrons. The molecule has 1 aromatic carbocycles. The molecular formula is C13H11IOS. The van der Waals surface area contributed by atoms with Crippen molar-refractivity contribution >= 4 is 39.7 Å². The predicted molar refractivity (Wildman–Crippen MR) is 76.3 cm³/mol. The van der Waals surface area contributed by atoms with E-state index >= 15 is 0 Å². The molecule has 0 aliphatic heterocycles. The van der Waals surface area contributed by atoms with Crippen molar-refractivity contribution in [1.82, 2.24) is 0 Å². The minimum atomic E-state index is 0.120. The first-order valence-electron chi connectivity index (χ1n) is 5.08. The largest absolute Gasteiger partial charge is 0.289 e. The highest BCUT2D eigenvalue weighted by atomic mass is 127. The van der Waals surface area contributed by atoms with Crippen molar-refractivity contribution in [2.24, 2.45) is 0 Å². The molecule has 1 nitrogen and oxygen atoms in total. The molecule has 2 rings (SSSR count). The smallest absolute Gasteiger partial charge is 0.193 e. The van der Waals surface area contributed by atoms with E-state index in [2.05, 4.69) is 29.5 Å². The fraction of sp³-hybridized carbons (Fsp3) is 0.154. The molecule has 0 N–H and O–H groups in total. The number of aryl methyl sites for hydroxylation is 1. The van der Waals surface area contributed by atoms with Crippen molar-refractivity contribution in [3.63, 3.8) is 0 Å². The number of thiophene rings is 1. The van der Waals surface area contributed by atoms with E-state index in [0.29, 0.717) is 0 Å². The lowest BCUT2D eigenvalue weighted by Crippen LogP contribution is -2.00. The Balaban J connectivity index is 2.33. The molecule has 3 heteroatoms. The van der Waals surface area contributed by atoms with E-state index in [-0.39, 0.29) is 5.78 Å². The van der Waals surface area contributed by atoms with Crippen LogP contribution < -0.4 is 0 Å².